The van der Waals surface area contributed by atoms with Crippen LogP contribution in [0.5, 0.6) is 0 Å². The van der Waals surface area contributed by atoms with Crippen molar-refractivity contribution in [2.75, 3.05) is 0 Å². The van der Waals surface area contributed by atoms with E-state index in [2.05, 4.69) is 9.97 Å². The van der Waals surface area contributed by atoms with Gasteiger partial charge in [0.2, 0.25) is 0 Å². The van der Waals surface area contributed by atoms with E-state index in [9.17, 15) is 4.79 Å². The highest BCUT2D eigenvalue weighted by atomic mass is 35.5. The molecule has 0 spiro atoms. The second kappa shape index (κ2) is 6.27. The van der Waals surface area contributed by atoms with Gasteiger partial charge in [0, 0.05) is 16.0 Å². The fourth-order valence-electron chi connectivity index (χ4n) is 1.38. The van der Waals surface area contributed by atoms with Crippen LogP contribution in [0.25, 0.3) is 0 Å². The Kier molecular flexibility index (Phi) is 4.69. The van der Waals surface area contributed by atoms with Crippen molar-refractivity contribution in [2.24, 2.45) is 0 Å². The molecule has 0 bridgehead atoms. The number of nitrogens with zero attached hydrogens (tertiary/aromatic N) is 1. The lowest BCUT2D eigenvalue weighted by atomic mass is 10.4. The van der Waals surface area contributed by atoms with Crippen molar-refractivity contribution in [1.82, 2.24) is 9.97 Å². The van der Waals surface area contributed by atoms with Crippen molar-refractivity contribution >= 4 is 35.0 Å². The van der Waals surface area contributed by atoms with Gasteiger partial charge in [-0.2, -0.15) is 0 Å². The zero-order chi connectivity index (χ0) is 13.0. The summed E-state index contributed by atoms with van der Waals surface area (Å²) in [5.41, 5.74) is 0.416. The van der Waals surface area contributed by atoms with Gasteiger partial charge in [0.05, 0.1) is 17.3 Å². The molecule has 1 heterocycles. The number of thioether (sulfide) groups is 1. The van der Waals surface area contributed by atoms with Crippen molar-refractivity contribution in [3.63, 3.8) is 0 Å². The van der Waals surface area contributed by atoms with Gasteiger partial charge in [0.1, 0.15) is 5.82 Å². The Hall–Kier alpha value is -0.970. The summed E-state index contributed by atoms with van der Waals surface area (Å²) in [4.78, 5) is 19.4. The molecule has 0 fully saturated rings. The van der Waals surface area contributed by atoms with Gasteiger partial charge in [-0.3, -0.25) is 4.79 Å². The van der Waals surface area contributed by atoms with Gasteiger partial charge < -0.3 is 4.98 Å². The molecule has 2 aromatic rings. The SMILES string of the molecule is O=c1cc(CCl)nc(CSc2ccc(Cl)cc2)[nH]1. The third kappa shape index (κ3) is 3.77. The average Bonchev–Trinajstić information content (AvgIpc) is 2.37. The molecule has 0 radical (unpaired) electrons. The normalized spacial score (nSPS) is 10.6. The van der Waals surface area contributed by atoms with E-state index < -0.39 is 0 Å². The van der Waals surface area contributed by atoms with Crippen LogP contribution in [0.15, 0.2) is 40.0 Å². The summed E-state index contributed by atoms with van der Waals surface area (Å²) in [7, 11) is 0. The summed E-state index contributed by atoms with van der Waals surface area (Å²) in [5, 5.41) is 0.704. The molecule has 18 heavy (non-hydrogen) atoms. The average molecular weight is 301 g/mol. The number of hydrogen-bond donors (Lipinski definition) is 1. The first-order valence-electron chi connectivity index (χ1n) is 5.21. The van der Waals surface area contributed by atoms with Gasteiger partial charge in [0.25, 0.3) is 5.56 Å². The number of aromatic nitrogens is 2. The van der Waals surface area contributed by atoms with Crippen LogP contribution in [0.3, 0.4) is 0 Å². The third-order valence-electron chi connectivity index (χ3n) is 2.17. The monoisotopic (exact) mass is 300 g/mol. The molecule has 3 nitrogen and oxygen atoms in total. The zero-order valence-electron chi connectivity index (χ0n) is 9.32. The molecular formula is C12H10Cl2N2OS. The van der Waals surface area contributed by atoms with E-state index in [4.69, 9.17) is 23.2 Å². The van der Waals surface area contributed by atoms with E-state index in [1.807, 2.05) is 24.3 Å². The van der Waals surface area contributed by atoms with Gasteiger partial charge in [-0.1, -0.05) is 11.6 Å². The Morgan fingerprint density at radius 2 is 2.00 bits per heavy atom. The maximum atomic E-state index is 11.3. The number of hydrogen-bond acceptors (Lipinski definition) is 3. The highest BCUT2D eigenvalue weighted by Crippen LogP contribution is 2.22. The molecule has 2 rings (SSSR count). The molecule has 1 N–H and O–H groups in total. The first kappa shape index (κ1) is 13.5. The van der Waals surface area contributed by atoms with Gasteiger partial charge in [-0.15, -0.1) is 23.4 Å². The number of rotatable bonds is 4. The maximum Gasteiger partial charge on any atom is 0.251 e. The fourth-order valence-corrected chi connectivity index (χ4v) is 2.41. The van der Waals surface area contributed by atoms with Crippen LogP contribution in [0.1, 0.15) is 11.5 Å². The summed E-state index contributed by atoms with van der Waals surface area (Å²) in [6, 6.07) is 8.92. The molecule has 0 atom stereocenters. The lowest BCUT2D eigenvalue weighted by molar-refractivity contribution is 0.959. The van der Waals surface area contributed by atoms with Crippen molar-refractivity contribution in [2.45, 2.75) is 16.5 Å². The van der Waals surface area contributed by atoms with E-state index in [1.165, 1.54) is 6.07 Å². The summed E-state index contributed by atoms with van der Waals surface area (Å²) < 4.78 is 0. The number of alkyl halides is 1. The molecule has 0 aliphatic rings. The number of benzene rings is 1. The smallest absolute Gasteiger partial charge is 0.251 e. The highest BCUT2D eigenvalue weighted by Gasteiger charge is 2.02. The summed E-state index contributed by atoms with van der Waals surface area (Å²) in [5.74, 6) is 1.45. The lowest BCUT2D eigenvalue weighted by Crippen LogP contribution is -2.11. The van der Waals surface area contributed by atoms with E-state index in [1.54, 1.807) is 11.8 Å². The second-order valence-electron chi connectivity index (χ2n) is 3.56. The molecule has 0 amide bonds. The first-order valence-corrected chi connectivity index (χ1v) is 7.10. The van der Waals surface area contributed by atoms with Gasteiger partial charge in [0.15, 0.2) is 0 Å². The lowest BCUT2D eigenvalue weighted by Gasteiger charge is -2.03. The number of halogens is 2. The van der Waals surface area contributed by atoms with Crippen LogP contribution in [0.4, 0.5) is 0 Å². The second-order valence-corrected chi connectivity index (χ2v) is 5.31. The molecule has 1 aromatic heterocycles. The Morgan fingerprint density at radius 3 is 2.67 bits per heavy atom. The number of H-pyrrole nitrogens is 1. The quantitative estimate of drug-likeness (QED) is 0.695. The predicted octanol–water partition coefficient (Wildman–Crippen LogP) is 3.45. The summed E-state index contributed by atoms with van der Waals surface area (Å²) in [6.07, 6.45) is 0. The van der Waals surface area contributed by atoms with Crippen molar-refractivity contribution in [3.05, 3.63) is 57.2 Å². The molecule has 0 aliphatic carbocycles. The molecule has 0 aliphatic heterocycles. The van der Waals surface area contributed by atoms with E-state index >= 15 is 0 Å². The van der Waals surface area contributed by atoms with Gasteiger partial charge >= 0.3 is 0 Å². The van der Waals surface area contributed by atoms with Crippen molar-refractivity contribution in [3.8, 4) is 0 Å². The minimum atomic E-state index is -0.174. The predicted molar refractivity (Wildman–Crippen MR) is 75.4 cm³/mol. The van der Waals surface area contributed by atoms with Gasteiger partial charge in [-0.05, 0) is 24.3 Å². The Labute approximate surface area is 119 Å². The summed E-state index contributed by atoms with van der Waals surface area (Å²) >= 11 is 13.0. The third-order valence-corrected chi connectivity index (χ3v) is 3.72. The Balaban J connectivity index is 2.08. The standard InChI is InChI=1S/C12H10Cl2N2OS/c13-6-9-5-12(17)16-11(15-9)7-18-10-3-1-8(14)2-4-10/h1-5H,6-7H2,(H,15,16,17). The van der Waals surface area contributed by atoms with E-state index in [-0.39, 0.29) is 11.4 Å². The maximum absolute atomic E-state index is 11.3. The number of nitrogens with one attached hydrogen (secondary N) is 1. The highest BCUT2D eigenvalue weighted by molar-refractivity contribution is 7.98. The Bertz CT molecular complexity index is 583. The molecule has 0 saturated carbocycles. The minimum absolute atomic E-state index is 0.174. The topological polar surface area (TPSA) is 45.8 Å². The molecule has 6 heteroatoms. The number of aromatic amines is 1. The fraction of sp³-hybridized carbons (Fsp3) is 0.167. The van der Waals surface area contributed by atoms with Crippen LogP contribution in [0.2, 0.25) is 5.02 Å². The van der Waals surface area contributed by atoms with E-state index in [0.717, 1.165) is 4.90 Å². The van der Waals surface area contributed by atoms with Crippen LogP contribution in [-0.2, 0) is 11.6 Å². The zero-order valence-corrected chi connectivity index (χ0v) is 11.6. The van der Waals surface area contributed by atoms with Crippen LogP contribution in [-0.4, -0.2) is 9.97 Å². The largest absolute Gasteiger partial charge is 0.310 e. The molecule has 94 valence electrons. The van der Waals surface area contributed by atoms with Crippen LogP contribution < -0.4 is 5.56 Å². The van der Waals surface area contributed by atoms with Crippen LogP contribution in [0, 0.1) is 0 Å². The van der Waals surface area contributed by atoms with Crippen molar-refractivity contribution in [1.29, 1.82) is 0 Å². The molecular weight excluding hydrogens is 291 g/mol. The van der Waals surface area contributed by atoms with Crippen LogP contribution >= 0.6 is 35.0 Å². The molecule has 0 unspecified atom stereocenters. The van der Waals surface area contributed by atoms with Gasteiger partial charge in [-0.25, -0.2) is 4.98 Å². The summed E-state index contributed by atoms with van der Waals surface area (Å²) in [6.45, 7) is 0. The molecule has 0 saturated heterocycles. The van der Waals surface area contributed by atoms with E-state index in [0.29, 0.717) is 22.3 Å². The first-order chi connectivity index (χ1) is 8.67. The molecule has 1 aromatic carbocycles. The Morgan fingerprint density at radius 1 is 1.28 bits per heavy atom. The minimum Gasteiger partial charge on any atom is -0.310 e. The van der Waals surface area contributed by atoms with Crippen molar-refractivity contribution < 1.29 is 0 Å².